The zero-order valence-corrected chi connectivity index (χ0v) is 16.9. The Labute approximate surface area is 170 Å². The molecular formula is C22H24ClN3O2. The maximum absolute atomic E-state index is 13.1. The minimum absolute atomic E-state index is 0.0464. The highest BCUT2D eigenvalue weighted by molar-refractivity contribution is 6.31. The van der Waals surface area contributed by atoms with Crippen LogP contribution in [0.1, 0.15) is 42.6 Å². The predicted octanol–water partition coefficient (Wildman–Crippen LogP) is 4.62. The molecule has 1 saturated heterocycles. The SMILES string of the molecule is C=CN1CCC(Oc2cncc(N3C(=O)c4ccc(Cl)cc4C3(C)C)c2)CC1. The van der Waals surface area contributed by atoms with E-state index in [1.54, 1.807) is 29.4 Å². The van der Waals surface area contributed by atoms with Gasteiger partial charge < -0.3 is 9.64 Å². The maximum atomic E-state index is 13.1. The van der Waals surface area contributed by atoms with E-state index in [4.69, 9.17) is 16.3 Å². The second-order valence-corrected chi connectivity index (χ2v) is 8.24. The van der Waals surface area contributed by atoms with E-state index in [9.17, 15) is 4.79 Å². The van der Waals surface area contributed by atoms with Crippen molar-refractivity contribution >= 4 is 23.2 Å². The summed E-state index contributed by atoms with van der Waals surface area (Å²) in [6, 6.07) is 7.32. The van der Waals surface area contributed by atoms with Gasteiger partial charge in [0.25, 0.3) is 5.91 Å². The van der Waals surface area contributed by atoms with Gasteiger partial charge in [0.15, 0.2) is 0 Å². The highest BCUT2D eigenvalue weighted by atomic mass is 35.5. The lowest BCUT2D eigenvalue weighted by Gasteiger charge is -2.33. The van der Waals surface area contributed by atoms with E-state index in [1.807, 2.05) is 32.2 Å². The summed E-state index contributed by atoms with van der Waals surface area (Å²) in [5.41, 5.74) is 1.81. The molecule has 2 aliphatic rings. The normalized spacial score (nSPS) is 18.9. The van der Waals surface area contributed by atoms with Crippen LogP contribution in [0.3, 0.4) is 0 Å². The lowest BCUT2D eigenvalue weighted by Crippen LogP contribution is -2.39. The Morgan fingerprint density at radius 1 is 1.25 bits per heavy atom. The number of carbonyl (C=O) groups is 1. The number of nitrogens with zero attached hydrogens (tertiary/aromatic N) is 3. The van der Waals surface area contributed by atoms with Crippen LogP contribution >= 0.6 is 11.6 Å². The van der Waals surface area contributed by atoms with Crippen molar-refractivity contribution in [2.75, 3.05) is 18.0 Å². The van der Waals surface area contributed by atoms with Gasteiger partial charge in [-0.1, -0.05) is 18.2 Å². The summed E-state index contributed by atoms with van der Waals surface area (Å²) in [6.45, 7) is 9.74. The maximum Gasteiger partial charge on any atom is 0.259 e. The molecule has 1 fully saturated rings. The summed E-state index contributed by atoms with van der Waals surface area (Å²) in [5.74, 6) is 0.641. The van der Waals surface area contributed by atoms with Gasteiger partial charge in [0.05, 0.1) is 23.6 Å². The number of amides is 1. The largest absolute Gasteiger partial charge is 0.489 e. The molecule has 1 aromatic carbocycles. The van der Waals surface area contributed by atoms with E-state index in [0.29, 0.717) is 16.3 Å². The van der Waals surface area contributed by atoms with Crippen molar-refractivity contribution in [3.8, 4) is 5.75 Å². The van der Waals surface area contributed by atoms with Crippen LogP contribution in [-0.2, 0) is 5.54 Å². The minimum Gasteiger partial charge on any atom is -0.489 e. The molecule has 2 aliphatic heterocycles. The molecule has 6 heteroatoms. The van der Waals surface area contributed by atoms with Gasteiger partial charge in [0, 0.05) is 42.6 Å². The quantitative estimate of drug-likeness (QED) is 0.755. The fraction of sp³-hybridized carbons (Fsp3) is 0.364. The minimum atomic E-state index is -0.521. The van der Waals surface area contributed by atoms with E-state index in [-0.39, 0.29) is 12.0 Å². The molecule has 1 amide bonds. The summed E-state index contributed by atoms with van der Waals surface area (Å²) in [5, 5.41) is 0.627. The van der Waals surface area contributed by atoms with E-state index in [1.165, 1.54) is 0 Å². The van der Waals surface area contributed by atoms with E-state index in [0.717, 1.165) is 37.2 Å². The van der Waals surface area contributed by atoms with Crippen LogP contribution in [0, 0.1) is 0 Å². The Balaban J connectivity index is 1.58. The number of ether oxygens (including phenoxy) is 1. The van der Waals surface area contributed by atoms with Gasteiger partial charge in [-0.05, 0) is 43.8 Å². The molecule has 2 aromatic rings. The number of benzene rings is 1. The second kappa shape index (κ2) is 7.13. The monoisotopic (exact) mass is 397 g/mol. The number of rotatable bonds is 4. The Morgan fingerprint density at radius 3 is 2.71 bits per heavy atom. The molecule has 0 spiro atoms. The molecule has 5 nitrogen and oxygen atoms in total. The number of hydrogen-bond donors (Lipinski definition) is 0. The first-order valence-electron chi connectivity index (χ1n) is 9.53. The van der Waals surface area contributed by atoms with Crippen molar-refractivity contribution in [2.24, 2.45) is 0 Å². The van der Waals surface area contributed by atoms with Gasteiger partial charge in [-0.15, -0.1) is 0 Å². The zero-order chi connectivity index (χ0) is 19.9. The van der Waals surface area contributed by atoms with Crippen LogP contribution in [0.5, 0.6) is 5.75 Å². The fourth-order valence-corrected chi connectivity index (χ4v) is 4.28. The summed E-state index contributed by atoms with van der Waals surface area (Å²) in [6.07, 6.45) is 7.32. The molecule has 4 rings (SSSR count). The molecule has 28 heavy (non-hydrogen) atoms. The summed E-state index contributed by atoms with van der Waals surface area (Å²) in [4.78, 5) is 21.4. The van der Waals surface area contributed by atoms with Crippen molar-refractivity contribution in [2.45, 2.75) is 38.3 Å². The van der Waals surface area contributed by atoms with Gasteiger partial charge >= 0.3 is 0 Å². The lowest BCUT2D eigenvalue weighted by atomic mass is 9.93. The van der Waals surface area contributed by atoms with Gasteiger partial charge in [-0.3, -0.25) is 14.7 Å². The first kappa shape index (κ1) is 18.8. The van der Waals surface area contributed by atoms with E-state index in [2.05, 4.69) is 16.5 Å². The van der Waals surface area contributed by atoms with Gasteiger partial charge in [-0.25, -0.2) is 0 Å². The number of hydrogen-bond acceptors (Lipinski definition) is 4. The third-order valence-electron chi connectivity index (χ3n) is 5.63. The van der Waals surface area contributed by atoms with Gasteiger partial charge in [0.1, 0.15) is 11.9 Å². The van der Waals surface area contributed by atoms with Crippen LogP contribution in [0.4, 0.5) is 5.69 Å². The van der Waals surface area contributed by atoms with Crippen molar-refractivity contribution in [1.29, 1.82) is 0 Å². The van der Waals surface area contributed by atoms with Crippen LogP contribution in [0.2, 0.25) is 5.02 Å². The predicted molar refractivity (Wildman–Crippen MR) is 111 cm³/mol. The second-order valence-electron chi connectivity index (χ2n) is 7.80. The highest BCUT2D eigenvalue weighted by Crippen LogP contribution is 2.43. The molecule has 0 saturated carbocycles. The number of fused-ring (bicyclic) bond motifs is 1. The standard InChI is InChI=1S/C22H24ClN3O2/c1-4-25-9-7-17(8-10-25)28-18-12-16(13-24-14-18)26-21(27)19-6-5-15(23)11-20(19)22(26,2)3/h4-6,11-14,17H,1,7-10H2,2-3H3. The number of anilines is 1. The topological polar surface area (TPSA) is 45.7 Å². The third kappa shape index (κ3) is 3.24. The molecule has 0 atom stereocenters. The molecular weight excluding hydrogens is 374 g/mol. The Bertz CT molecular complexity index is 920. The van der Waals surface area contributed by atoms with Crippen LogP contribution < -0.4 is 9.64 Å². The smallest absolute Gasteiger partial charge is 0.259 e. The first-order chi connectivity index (χ1) is 13.4. The molecule has 3 heterocycles. The Hall–Kier alpha value is -2.53. The van der Waals surface area contributed by atoms with Crippen molar-refractivity contribution in [1.82, 2.24) is 9.88 Å². The van der Waals surface area contributed by atoms with Crippen LogP contribution in [-0.4, -0.2) is 35.0 Å². The third-order valence-corrected chi connectivity index (χ3v) is 5.86. The van der Waals surface area contributed by atoms with Gasteiger partial charge in [-0.2, -0.15) is 0 Å². The number of pyridine rings is 1. The number of halogens is 1. The summed E-state index contributed by atoms with van der Waals surface area (Å²) in [7, 11) is 0. The zero-order valence-electron chi connectivity index (χ0n) is 16.2. The van der Waals surface area contributed by atoms with Crippen LogP contribution in [0.25, 0.3) is 0 Å². The van der Waals surface area contributed by atoms with Crippen molar-refractivity contribution in [3.63, 3.8) is 0 Å². The van der Waals surface area contributed by atoms with Crippen LogP contribution in [0.15, 0.2) is 49.4 Å². The highest BCUT2D eigenvalue weighted by Gasteiger charge is 2.44. The van der Waals surface area contributed by atoms with E-state index < -0.39 is 5.54 Å². The number of piperidine rings is 1. The number of aromatic nitrogens is 1. The molecule has 0 aliphatic carbocycles. The van der Waals surface area contributed by atoms with Crippen molar-refractivity contribution < 1.29 is 9.53 Å². The average Bonchev–Trinajstić information content (AvgIpc) is 2.88. The molecule has 146 valence electrons. The van der Waals surface area contributed by atoms with Gasteiger partial charge in [0.2, 0.25) is 0 Å². The summed E-state index contributed by atoms with van der Waals surface area (Å²) >= 11 is 6.17. The fourth-order valence-electron chi connectivity index (χ4n) is 4.11. The van der Waals surface area contributed by atoms with E-state index >= 15 is 0 Å². The number of carbonyl (C=O) groups excluding carboxylic acids is 1. The first-order valence-corrected chi connectivity index (χ1v) is 9.91. The lowest BCUT2D eigenvalue weighted by molar-refractivity contribution is 0.0982. The molecule has 0 bridgehead atoms. The number of likely N-dealkylation sites (tertiary alicyclic amines) is 1. The van der Waals surface area contributed by atoms with Crippen molar-refractivity contribution in [3.05, 3.63) is 65.6 Å². The Kier molecular flexibility index (Phi) is 4.79. The summed E-state index contributed by atoms with van der Waals surface area (Å²) < 4.78 is 6.17. The average molecular weight is 398 g/mol. The Morgan fingerprint density at radius 2 is 2.00 bits per heavy atom. The molecule has 1 aromatic heterocycles. The molecule has 0 radical (unpaired) electrons. The molecule has 0 unspecified atom stereocenters. The molecule has 0 N–H and O–H groups in total.